The van der Waals surface area contributed by atoms with E-state index in [1.54, 1.807) is 13.1 Å². The number of hydrogen-bond donors (Lipinski definition) is 1. The van der Waals surface area contributed by atoms with E-state index in [1.165, 1.54) is 17.8 Å². The molecule has 0 saturated heterocycles. The molecule has 2 rings (SSSR count). The molecule has 0 aliphatic heterocycles. The first-order valence-electron chi connectivity index (χ1n) is 6.03. The molecule has 0 bridgehead atoms. The summed E-state index contributed by atoms with van der Waals surface area (Å²) in [6, 6.07) is 5.02. The minimum atomic E-state index is -0.389. The quantitative estimate of drug-likeness (QED) is 0.516. The van der Waals surface area contributed by atoms with Gasteiger partial charge in [0.15, 0.2) is 0 Å². The van der Waals surface area contributed by atoms with Crippen LogP contribution in [0.5, 0.6) is 0 Å². The lowest BCUT2D eigenvalue weighted by molar-refractivity contribution is -0.384. The number of para-hydroxylation sites is 1. The standard InChI is InChI=1S/C13H15N3O3S/c1-8-9(2)19-13(15-8)20-7-10-5-4-6-11(16(17)18)12(10)14-3/h4-6,14H,7H2,1-3H3. The highest BCUT2D eigenvalue weighted by molar-refractivity contribution is 7.98. The number of thioether (sulfide) groups is 1. The number of nitrogens with one attached hydrogen (secondary N) is 1. The Morgan fingerprint density at radius 3 is 2.75 bits per heavy atom. The van der Waals surface area contributed by atoms with Crippen LogP contribution in [-0.2, 0) is 5.75 Å². The number of anilines is 1. The number of benzene rings is 1. The van der Waals surface area contributed by atoms with E-state index < -0.39 is 0 Å². The first-order chi connectivity index (χ1) is 9.52. The van der Waals surface area contributed by atoms with E-state index in [2.05, 4.69) is 10.3 Å². The summed E-state index contributed by atoms with van der Waals surface area (Å²) in [6.45, 7) is 3.74. The van der Waals surface area contributed by atoms with E-state index >= 15 is 0 Å². The number of hydrogen-bond acceptors (Lipinski definition) is 6. The fraction of sp³-hybridized carbons (Fsp3) is 0.308. The Bertz CT molecular complexity index is 620. The SMILES string of the molecule is CNc1c(CSc2nc(C)c(C)o2)cccc1[N+](=O)[O-]. The average Bonchev–Trinajstić information content (AvgIpc) is 2.74. The molecule has 0 fully saturated rings. The van der Waals surface area contributed by atoms with Gasteiger partial charge < -0.3 is 9.73 Å². The molecule has 6 nitrogen and oxygen atoms in total. The van der Waals surface area contributed by atoms with Gasteiger partial charge in [0.05, 0.1) is 10.6 Å². The van der Waals surface area contributed by atoms with Gasteiger partial charge in [-0.25, -0.2) is 4.98 Å². The Morgan fingerprint density at radius 1 is 1.45 bits per heavy atom. The minimum Gasteiger partial charge on any atom is -0.437 e. The van der Waals surface area contributed by atoms with Crippen LogP contribution in [0.4, 0.5) is 11.4 Å². The summed E-state index contributed by atoms with van der Waals surface area (Å²) in [5.74, 6) is 1.34. The molecular weight excluding hydrogens is 278 g/mol. The van der Waals surface area contributed by atoms with Crippen LogP contribution in [0, 0.1) is 24.0 Å². The van der Waals surface area contributed by atoms with Gasteiger partial charge in [0.2, 0.25) is 0 Å². The third-order valence-electron chi connectivity index (χ3n) is 2.94. The fourth-order valence-corrected chi connectivity index (χ4v) is 2.70. The molecule has 0 atom stereocenters. The second-order valence-corrected chi connectivity index (χ2v) is 5.16. The molecule has 2 aromatic rings. The highest BCUT2D eigenvalue weighted by Crippen LogP contribution is 2.32. The second kappa shape index (κ2) is 5.96. The van der Waals surface area contributed by atoms with Crippen molar-refractivity contribution in [3.63, 3.8) is 0 Å². The third-order valence-corrected chi connectivity index (χ3v) is 3.81. The van der Waals surface area contributed by atoms with E-state index in [0.717, 1.165) is 17.0 Å². The first-order valence-corrected chi connectivity index (χ1v) is 7.02. The molecule has 0 saturated carbocycles. The van der Waals surface area contributed by atoms with Gasteiger partial charge in [-0.15, -0.1) is 0 Å². The highest BCUT2D eigenvalue weighted by Gasteiger charge is 2.17. The van der Waals surface area contributed by atoms with E-state index in [4.69, 9.17) is 4.42 Å². The van der Waals surface area contributed by atoms with Crippen LogP contribution in [0.2, 0.25) is 0 Å². The normalized spacial score (nSPS) is 10.6. The number of nitro groups is 1. The number of aromatic nitrogens is 1. The Hall–Kier alpha value is -2.02. The highest BCUT2D eigenvalue weighted by atomic mass is 32.2. The maximum absolute atomic E-state index is 11.0. The number of aryl methyl sites for hydroxylation is 2. The molecule has 0 aliphatic carbocycles. The summed E-state index contributed by atoms with van der Waals surface area (Å²) in [6.07, 6.45) is 0. The third kappa shape index (κ3) is 2.93. The molecule has 7 heteroatoms. The first kappa shape index (κ1) is 14.4. The zero-order valence-electron chi connectivity index (χ0n) is 11.5. The second-order valence-electron chi connectivity index (χ2n) is 4.23. The van der Waals surface area contributed by atoms with Crippen molar-refractivity contribution in [2.45, 2.75) is 24.8 Å². The van der Waals surface area contributed by atoms with Gasteiger partial charge in [0.1, 0.15) is 11.4 Å². The number of rotatable bonds is 5. The zero-order valence-corrected chi connectivity index (χ0v) is 12.3. The van der Waals surface area contributed by atoms with Crippen molar-refractivity contribution in [1.29, 1.82) is 0 Å². The topological polar surface area (TPSA) is 81.2 Å². The van der Waals surface area contributed by atoms with Gasteiger partial charge in [-0.05, 0) is 19.4 Å². The summed E-state index contributed by atoms with van der Waals surface area (Å²) in [5, 5.41) is 14.5. The van der Waals surface area contributed by atoms with Crippen LogP contribution < -0.4 is 5.32 Å². The molecule has 1 N–H and O–H groups in total. The summed E-state index contributed by atoms with van der Waals surface area (Å²) in [7, 11) is 1.68. The summed E-state index contributed by atoms with van der Waals surface area (Å²) >= 11 is 1.42. The van der Waals surface area contributed by atoms with Crippen LogP contribution >= 0.6 is 11.8 Å². The van der Waals surface area contributed by atoms with E-state index in [-0.39, 0.29) is 10.6 Å². The molecule has 0 amide bonds. The van der Waals surface area contributed by atoms with Gasteiger partial charge in [-0.3, -0.25) is 10.1 Å². The van der Waals surface area contributed by atoms with Crippen molar-refractivity contribution in [2.75, 3.05) is 12.4 Å². The summed E-state index contributed by atoms with van der Waals surface area (Å²) < 4.78 is 5.48. The van der Waals surface area contributed by atoms with Crippen LogP contribution in [0.25, 0.3) is 0 Å². The van der Waals surface area contributed by atoms with Crippen molar-refractivity contribution >= 4 is 23.1 Å². The van der Waals surface area contributed by atoms with E-state index in [0.29, 0.717) is 16.7 Å². The van der Waals surface area contributed by atoms with E-state index in [9.17, 15) is 10.1 Å². The zero-order chi connectivity index (χ0) is 14.7. The molecule has 0 spiro atoms. The largest absolute Gasteiger partial charge is 0.437 e. The van der Waals surface area contributed by atoms with Crippen molar-refractivity contribution in [3.05, 3.63) is 45.3 Å². The fourth-order valence-electron chi connectivity index (χ4n) is 1.79. The Kier molecular flexibility index (Phi) is 4.29. The Morgan fingerprint density at radius 2 is 2.20 bits per heavy atom. The summed E-state index contributed by atoms with van der Waals surface area (Å²) in [5.41, 5.74) is 2.32. The van der Waals surface area contributed by atoms with Crippen molar-refractivity contribution in [2.24, 2.45) is 0 Å². The van der Waals surface area contributed by atoms with Crippen LogP contribution in [-0.4, -0.2) is 17.0 Å². The Balaban J connectivity index is 2.21. The molecule has 106 valence electrons. The smallest absolute Gasteiger partial charge is 0.292 e. The molecule has 1 aromatic heterocycles. The van der Waals surface area contributed by atoms with Gasteiger partial charge in [-0.2, -0.15) is 0 Å². The molecule has 20 heavy (non-hydrogen) atoms. The maximum Gasteiger partial charge on any atom is 0.292 e. The van der Waals surface area contributed by atoms with Gasteiger partial charge in [-0.1, -0.05) is 23.9 Å². The van der Waals surface area contributed by atoms with Crippen LogP contribution in [0.3, 0.4) is 0 Å². The lowest BCUT2D eigenvalue weighted by Crippen LogP contribution is -2.00. The van der Waals surface area contributed by atoms with Crippen LogP contribution in [0.1, 0.15) is 17.0 Å². The maximum atomic E-state index is 11.0. The van der Waals surface area contributed by atoms with Crippen molar-refractivity contribution in [3.8, 4) is 0 Å². The molecule has 0 unspecified atom stereocenters. The average molecular weight is 293 g/mol. The minimum absolute atomic E-state index is 0.0744. The molecular formula is C13H15N3O3S. The Labute approximate surface area is 120 Å². The van der Waals surface area contributed by atoms with Crippen LogP contribution in [0.15, 0.2) is 27.8 Å². The lowest BCUT2D eigenvalue weighted by atomic mass is 10.1. The van der Waals surface area contributed by atoms with Gasteiger partial charge >= 0.3 is 0 Å². The molecule has 1 aromatic carbocycles. The van der Waals surface area contributed by atoms with Gasteiger partial charge in [0, 0.05) is 18.9 Å². The predicted molar refractivity (Wildman–Crippen MR) is 78.2 cm³/mol. The monoisotopic (exact) mass is 293 g/mol. The number of oxazole rings is 1. The van der Waals surface area contributed by atoms with Gasteiger partial charge in [0.25, 0.3) is 10.9 Å². The summed E-state index contributed by atoms with van der Waals surface area (Å²) in [4.78, 5) is 14.9. The number of nitro benzene ring substituents is 1. The van der Waals surface area contributed by atoms with Crippen molar-refractivity contribution < 1.29 is 9.34 Å². The lowest BCUT2D eigenvalue weighted by Gasteiger charge is -2.08. The molecule has 0 aliphatic rings. The number of nitrogens with zero attached hydrogens (tertiary/aromatic N) is 2. The molecule has 0 radical (unpaired) electrons. The van der Waals surface area contributed by atoms with Crippen molar-refractivity contribution in [1.82, 2.24) is 4.98 Å². The van der Waals surface area contributed by atoms with E-state index in [1.807, 2.05) is 19.9 Å². The predicted octanol–water partition coefficient (Wildman–Crippen LogP) is 3.53. The molecule has 1 heterocycles.